The van der Waals surface area contributed by atoms with Crippen LogP contribution in [0.25, 0.3) is 21.0 Å². The molecule has 0 aliphatic heterocycles. The summed E-state index contributed by atoms with van der Waals surface area (Å²) in [5.74, 6) is 0.816. The van der Waals surface area contributed by atoms with Crippen LogP contribution >= 0.6 is 11.5 Å². The Morgan fingerprint density at radius 3 is 2.75 bits per heavy atom. The molecule has 0 spiro atoms. The van der Waals surface area contributed by atoms with Crippen molar-refractivity contribution in [2.24, 2.45) is 0 Å². The number of fused-ring (bicyclic) bond motifs is 3. The Kier molecular flexibility index (Phi) is 2.57. The van der Waals surface area contributed by atoms with E-state index in [1.54, 1.807) is 6.33 Å². The molecule has 0 radical (unpaired) electrons. The van der Waals surface area contributed by atoms with Crippen LogP contribution in [0, 0.1) is 0 Å². The van der Waals surface area contributed by atoms with Crippen LogP contribution < -0.4 is 5.32 Å². The van der Waals surface area contributed by atoms with Gasteiger partial charge in [-0.1, -0.05) is 24.3 Å². The number of rotatable bonds is 2. The molecule has 0 aliphatic rings. The second-order valence-electron chi connectivity index (χ2n) is 4.42. The zero-order valence-electron chi connectivity index (χ0n) is 10.4. The summed E-state index contributed by atoms with van der Waals surface area (Å²) in [7, 11) is 0. The van der Waals surface area contributed by atoms with E-state index in [1.165, 1.54) is 11.5 Å². The van der Waals surface area contributed by atoms with E-state index < -0.39 is 0 Å². The molecule has 4 nitrogen and oxygen atoms in total. The first-order valence-electron chi connectivity index (χ1n) is 6.22. The molecule has 2 heterocycles. The number of hydrogen-bond donors (Lipinski definition) is 1. The molecule has 96 valence electrons. The molecule has 0 fully saturated rings. The molecule has 0 saturated carbocycles. The Morgan fingerprint density at radius 1 is 0.950 bits per heavy atom. The summed E-state index contributed by atoms with van der Waals surface area (Å²) in [6, 6.07) is 14.1. The first kappa shape index (κ1) is 11.3. The molecule has 0 amide bonds. The molecule has 0 aliphatic carbocycles. The summed E-state index contributed by atoms with van der Waals surface area (Å²) in [6.45, 7) is 0. The average Bonchev–Trinajstić information content (AvgIpc) is 2.97. The lowest BCUT2D eigenvalue weighted by Crippen LogP contribution is -1.95. The van der Waals surface area contributed by atoms with Crippen molar-refractivity contribution >= 4 is 44.0 Å². The Labute approximate surface area is 119 Å². The van der Waals surface area contributed by atoms with E-state index in [2.05, 4.69) is 25.7 Å². The van der Waals surface area contributed by atoms with E-state index in [4.69, 9.17) is 0 Å². The van der Waals surface area contributed by atoms with Gasteiger partial charge in [-0.3, -0.25) is 0 Å². The third kappa shape index (κ3) is 1.80. The number of hydrogen-bond acceptors (Lipinski definition) is 5. The molecule has 4 aromatic rings. The van der Waals surface area contributed by atoms with Crippen LogP contribution in [0.4, 0.5) is 11.5 Å². The predicted molar refractivity (Wildman–Crippen MR) is 82.4 cm³/mol. The molecule has 1 N–H and O–H groups in total. The molecular formula is C15H10N4S. The molecule has 0 atom stereocenters. The third-order valence-electron chi connectivity index (χ3n) is 3.16. The maximum Gasteiger partial charge on any atom is 0.141 e. The van der Waals surface area contributed by atoms with E-state index in [0.29, 0.717) is 0 Å². The van der Waals surface area contributed by atoms with Crippen molar-refractivity contribution in [3.05, 3.63) is 55.0 Å². The van der Waals surface area contributed by atoms with Gasteiger partial charge in [0.05, 0.1) is 10.2 Å². The van der Waals surface area contributed by atoms with E-state index in [9.17, 15) is 0 Å². The van der Waals surface area contributed by atoms with E-state index in [1.807, 2.05) is 42.6 Å². The van der Waals surface area contributed by atoms with Gasteiger partial charge in [0.2, 0.25) is 0 Å². The van der Waals surface area contributed by atoms with Crippen LogP contribution in [0.3, 0.4) is 0 Å². The fraction of sp³-hybridized carbons (Fsp3) is 0. The quantitative estimate of drug-likeness (QED) is 0.602. The van der Waals surface area contributed by atoms with Crippen molar-refractivity contribution in [2.45, 2.75) is 0 Å². The zero-order chi connectivity index (χ0) is 13.4. The van der Waals surface area contributed by atoms with Gasteiger partial charge in [0.1, 0.15) is 12.1 Å². The minimum Gasteiger partial charge on any atom is -0.340 e. The third-order valence-corrected chi connectivity index (χ3v) is 3.99. The molecule has 0 bridgehead atoms. The summed E-state index contributed by atoms with van der Waals surface area (Å²) < 4.78 is 5.32. The van der Waals surface area contributed by atoms with E-state index in [-0.39, 0.29) is 0 Å². The number of nitrogens with zero attached hydrogens (tertiary/aromatic N) is 3. The maximum atomic E-state index is 4.40. The van der Waals surface area contributed by atoms with Crippen LogP contribution in [0.5, 0.6) is 0 Å². The fourth-order valence-electron chi connectivity index (χ4n) is 2.21. The van der Waals surface area contributed by atoms with Crippen molar-refractivity contribution in [3.63, 3.8) is 0 Å². The van der Waals surface area contributed by atoms with Crippen LogP contribution in [0.15, 0.2) is 55.0 Å². The van der Waals surface area contributed by atoms with Gasteiger partial charge in [-0.2, -0.15) is 4.37 Å². The summed E-state index contributed by atoms with van der Waals surface area (Å²) in [5.41, 5.74) is 1.95. The van der Waals surface area contributed by atoms with E-state index >= 15 is 0 Å². The Hall–Kier alpha value is -2.53. The van der Waals surface area contributed by atoms with Crippen LogP contribution in [-0.2, 0) is 0 Å². The Morgan fingerprint density at radius 2 is 1.85 bits per heavy atom. The standard InChI is InChI=1S/C15H10N4S/c1-2-4-11(5-3-1)19-15-12-7-6-10-8-18-20-14(10)13(12)16-9-17-15/h1-9H,(H,16,17,19). The lowest BCUT2D eigenvalue weighted by atomic mass is 10.2. The minimum absolute atomic E-state index is 0.816. The maximum absolute atomic E-state index is 4.40. The Bertz CT molecular complexity index is 886. The monoisotopic (exact) mass is 278 g/mol. The second-order valence-corrected chi connectivity index (χ2v) is 5.22. The summed E-state index contributed by atoms with van der Waals surface area (Å²) >= 11 is 1.46. The van der Waals surface area contributed by atoms with Crippen LogP contribution in [0.1, 0.15) is 0 Å². The van der Waals surface area contributed by atoms with Crippen LogP contribution in [0.2, 0.25) is 0 Å². The molecule has 0 unspecified atom stereocenters. The molecular weight excluding hydrogens is 268 g/mol. The van der Waals surface area contributed by atoms with Crippen molar-refractivity contribution in [2.75, 3.05) is 5.32 Å². The number of para-hydroxylation sites is 1. The Balaban J connectivity index is 1.91. The van der Waals surface area contributed by atoms with Crippen LogP contribution in [-0.4, -0.2) is 14.3 Å². The molecule has 20 heavy (non-hydrogen) atoms. The first-order chi connectivity index (χ1) is 9.92. The largest absolute Gasteiger partial charge is 0.340 e. The minimum atomic E-state index is 0.816. The zero-order valence-corrected chi connectivity index (χ0v) is 11.3. The fourth-order valence-corrected chi connectivity index (χ4v) is 2.96. The summed E-state index contributed by atoms with van der Waals surface area (Å²) in [6.07, 6.45) is 3.46. The second kappa shape index (κ2) is 4.54. The highest BCUT2D eigenvalue weighted by Gasteiger charge is 2.08. The summed E-state index contributed by atoms with van der Waals surface area (Å²) in [4.78, 5) is 8.76. The number of nitrogens with one attached hydrogen (secondary N) is 1. The van der Waals surface area contributed by atoms with Gasteiger partial charge < -0.3 is 5.32 Å². The van der Waals surface area contributed by atoms with E-state index in [0.717, 1.165) is 32.5 Å². The highest BCUT2D eigenvalue weighted by molar-refractivity contribution is 7.14. The van der Waals surface area contributed by atoms with Gasteiger partial charge in [-0.05, 0) is 29.7 Å². The average molecular weight is 278 g/mol. The highest BCUT2D eigenvalue weighted by Crippen LogP contribution is 2.30. The molecule has 5 heteroatoms. The van der Waals surface area contributed by atoms with Gasteiger partial charge in [0, 0.05) is 22.7 Å². The molecule has 2 aromatic heterocycles. The lowest BCUT2D eigenvalue weighted by Gasteiger charge is -2.08. The van der Waals surface area contributed by atoms with Crippen molar-refractivity contribution in [1.29, 1.82) is 0 Å². The molecule has 2 aromatic carbocycles. The smallest absolute Gasteiger partial charge is 0.141 e. The van der Waals surface area contributed by atoms with Gasteiger partial charge >= 0.3 is 0 Å². The SMILES string of the molecule is c1ccc(Nc2ncnc3c2ccc2cnsc23)cc1. The van der Waals surface area contributed by atoms with Gasteiger partial charge in [0.15, 0.2) is 0 Å². The van der Waals surface area contributed by atoms with Gasteiger partial charge in [-0.25, -0.2) is 9.97 Å². The van der Waals surface area contributed by atoms with Crippen molar-refractivity contribution in [3.8, 4) is 0 Å². The van der Waals surface area contributed by atoms with Gasteiger partial charge in [-0.15, -0.1) is 0 Å². The first-order valence-corrected chi connectivity index (χ1v) is 6.99. The topological polar surface area (TPSA) is 50.7 Å². The highest BCUT2D eigenvalue weighted by atomic mass is 32.1. The normalized spacial score (nSPS) is 11.0. The number of benzene rings is 2. The molecule has 4 rings (SSSR count). The number of anilines is 2. The lowest BCUT2D eigenvalue weighted by molar-refractivity contribution is 1.22. The predicted octanol–water partition coefficient (Wildman–Crippen LogP) is 3.98. The molecule has 0 saturated heterocycles. The summed E-state index contributed by atoms with van der Waals surface area (Å²) in [5, 5.41) is 5.46. The van der Waals surface area contributed by atoms with Crippen molar-refractivity contribution < 1.29 is 0 Å². The van der Waals surface area contributed by atoms with Crippen molar-refractivity contribution in [1.82, 2.24) is 14.3 Å². The number of aromatic nitrogens is 3. The van der Waals surface area contributed by atoms with Gasteiger partial charge in [0.25, 0.3) is 0 Å².